The van der Waals surface area contributed by atoms with Crippen LogP contribution < -0.4 is 10.5 Å². The van der Waals surface area contributed by atoms with Crippen molar-refractivity contribution in [2.24, 2.45) is 0 Å². The van der Waals surface area contributed by atoms with Crippen molar-refractivity contribution in [1.82, 2.24) is 0 Å². The van der Waals surface area contributed by atoms with E-state index in [4.69, 9.17) is 15.2 Å². The number of aryl methyl sites for hydroxylation is 2. The molecule has 2 rings (SSSR count). The monoisotopic (exact) mass is 285 g/mol. The highest BCUT2D eigenvalue weighted by Crippen LogP contribution is 2.26. The van der Waals surface area contributed by atoms with Gasteiger partial charge in [0.15, 0.2) is 0 Å². The van der Waals surface area contributed by atoms with E-state index in [1.807, 2.05) is 13.8 Å². The van der Waals surface area contributed by atoms with E-state index >= 15 is 0 Å². The van der Waals surface area contributed by atoms with Crippen molar-refractivity contribution < 1.29 is 14.3 Å². The van der Waals surface area contributed by atoms with E-state index in [1.165, 1.54) is 12.7 Å². The lowest BCUT2D eigenvalue weighted by Crippen LogP contribution is -2.09. The van der Waals surface area contributed by atoms with Crippen LogP contribution in [0.2, 0.25) is 0 Å². The molecule has 0 atom stereocenters. The Labute approximate surface area is 124 Å². The zero-order valence-electron chi connectivity index (χ0n) is 12.5. The van der Waals surface area contributed by atoms with Crippen LogP contribution >= 0.6 is 0 Å². The van der Waals surface area contributed by atoms with Crippen LogP contribution in [0.3, 0.4) is 0 Å². The lowest BCUT2D eigenvalue weighted by Gasteiger charge is -2.13. The Morgan fingerprint density at radius 1 is 1.19 bits per heavy atom. The Hall–Kier alpha value is -2.49. The van der Waals surface area contributed by atoms with E-state index < -0.39 is 5.97 Å². The first-order chi connectivity index (χ1) is 10.0. The third-order valence-electron chi connectivity index (χ3n) is 3.34. The molecule has 21 heavy (non-hydrogen) atoms. The molecule has 0 bridgehead atoms. The van der Waals surface area contributed by atoms with Crippen molar-refractivity contribution >= 4 is 11.7 Å². The van der Waals surface area contributed by atoms with Gasteiger partial charge < -0.3 is 15.2 Å². The van der Waals surface area contributed by atoms with Crippen molar-refractivity contribution in [3.05, 3.63) is 58.7 Å². The van der Waals surface area contributed by atoms with E-state index in [0.717, 1.165) is 11.1 Å². The number of carbonyl (C=O) groups excluding carboxylic acids is 1. The molecule has 2 aromatic rings. The molecule has 0 heterocycles. The number of esters is 1. The molecule has 2 N–H and O–H groups in total. The minimum absolute atomic E-state index is 0.269. The van der Waals surface area contributed by atoms with Crippen LogP contribution in [-0.2, 0) is 11.3 Å². The molecule has 4 nitrogen and oxygen atoms in total. The summed E-state index contributed by atoms with van der Waals surface area (Å²) in [5.74, 6) is -0.0631. The molecule has 0 saturated carbocycles. The van der Waals surface area contributed by atoms with Crippen molar-refractivity contribution in [1.29, 1.82) is 0 Å². The fraction of sp³-hybridized carbons (Fsp3) is 0.235. The number of methoxy groups -OCH3 is 1. The molecule has 0 saturated heterocycles. The Morgan fingerprint density at radius 2 is 1.95 bits per heavy atom. The van der Waals surface area contributed by atoms with Crippen LogP contribution in [-0.4, -0.2) is 13.1 Å². The highest BCUT2D eigenvalue weighted by atomic mass is 16.5. The van der Waals surface area contributed by atoms with E-state index in [9.17, 15) is 4.79 Å². The Bertz CT molecular complexity index is 665. The average Bonchev–Trinajstić information content (AvgIpc) is 2.47. The molecule has 0 aromatic heterocycles. The fourth-order valence-electron chi connectivity index (χ4n) is 2.10. The van der Waals surface area contributed by atoms with Crippen LogP contribution in [0, 0.1) is 13.8 Å². The van der Waals surface area contributed by atoms with Crippen molar-refractivity contribution in [2.75, 3.05) is 12.8 Å². The van der Waals surface area contributed by atoms with E-state index in [0.29, 0.717) is 18.0 Å². The molecule has 0 aliphatic rings. The standard InChI is InChI=1S/C17H19NO3/c1-11-7-8-12(2)13(9-11)10-21-15-6-4-5-14(18)16(15)17(19)20-3/h4-9H,10,18H2,1-3H3. The maximum atomic E-state index is 11.8. The number of benzene rings is 2. The summed E-state index contributed by atoms with van der Waals surface area (Å²) < 4.78 is 10.5. The summed E-state index contributed by atoms with van der Waals surface area (Å²) in [6, 6.07) is 11.3. The van der Waals surface area contributed by atoms with E-state index in [-0.39, 0.29) is 5.56 Å². The molecular formula is C17H19NO3. The minimum Gasteiger partial charge on any atom is -0.488 e. The maximum Gasteiger partial charge on any atom is 0.343 e. The number of hydrogen-bond acceptors (Lipinski definition) is 4. The number of hydrogen-bond donors (Lipinski definition) is 1. The molecule has 2 aromatic carbocycles. The Balaban J connectivity index is 2.26. The number of ether oxygens (including phenoxy) is 2. The fourth-order valence-corrected chi connectivity index (χ4v) is 2.10. The summed E-state index contributed by atoms with van der Waals surface area (Å²) in [5.41, 5.74) is 9.84. The summed E-state index contributed by atoms with van der Waals surface area (Å²) in [7, 11) is 1.32. The highest BCUT2D eigenvalue weighted by molar-refractivity contribution is 5.98. The molecule has 0 aliphatic heterocycles. The van der Waals surface area contributed by atoms with Gasteiger partial charge in [0, 0.05) is 5.69 Å². The van der Waals surface area contributed by atoms with Gasteiger partial charge in [0.25, 0.3) is 0 Å². The van der Waals surface area contributed by atoms with Crippen LogP contribution in [0.25, 0.3) is 0 Å². The predicted octanol–water partition coefficient (Wildman–Crippen LogP) is 3.25. The van der Waals surface area contributed by atoms with Crippen LogP contribution in [0.15, 0.2) is 36.4 Å². The SMILES string of the molecule is COC(=O)c1c(N)cccc1OCc1cc(C)ccc1C. The van der Waals surface area contributed by atoms with Gasteiger partial charge in [0.1, 0.15) is 17.9 Å². The molecule has 0 spiro atoms. The largest absolute Gasteiger partial charge is 0.488 e. The van der Waals surface area contributed by atoms with Gasteiger partial charge in [-0.05, 0) is 37.1 Å². The predicted molar refractivity (Wildman–Crippen MR) is 82.4 cm³/mol. The number of nitrogen functional groups attached to an aromatic ring is 1. The van der Waals surface area contributed by atoms with Crippen molar-refractivity contribution in [2.45, 2.75) is 20.5 Å². The summed E-state index contributed by atoms with van der Waals surface area (Å²) >= 11 is 0. The molecule has 0 amide bonds. The van der Waals surface area contributed by atoms with Crippen molar-refractivity contribution in [3.8, 4) is 5.75 Å². The highest BCUT2D eigenvalue weighted by Gasteiger charge is 2.16. The van der Waals surface area contributed by atoms with Crippen LogP contribution in [0.1, 0.15) is 27.0 Å². The average molecular weight is 285 g/mol. The van der Waals surface area contributed by atoms with Crippen LogP contribution in [0.4, 0.5) is 5.69 Å². The maximum absolute atomic E-state index is 11.8. The van der Waals surface area contributed by atoms with Crippen LogP contribution in [0.5, 0.6) is 5.75 Å². The summed E-state index contributed by atoms with van der Waals surface area (Å²) in [4.78, 5) is 11.8. The number of nitrogens with two attached hydrogens (primary N) is 1. The third kappa shape index (κ3) is 3.34. The molecule has 0 radical (unpaired) electrons. The summed E-state index contributed by atoms with van der Waals surface area (Å²) in [5, 5.41) is 0. The Morgan fingerprint density at radius 3 is 2.67 bits per heavy atom. The van der Waals surface area contributed by atoms with Gasteiger partial charge in [-0.25, -0.2) is 4.79 Å². The first-order valence-corrected chi connectivity index (χ1v) is 6.68. The van der Waals surface area contributed by atoms with Gasteiger partial charge in [-0.1, -0.05) is 29.8 Å². The van der Waals surface area contributed by atoms with Gasteiger partial charge in [-0.15, -0.1) is 0 Å². The van der Waals surface area contributed by atoms with Gasteiger partial charge in [0.05, 0.1) is 7.11 Å². The van der Waals surface area contributed by atoms with Gasteiger partial charge in [-0.2, -0.15) is 0 Å². The smallest absolute Gasteiger partial charge is 0.343 e. The van der Waals surface area contributed by atoms with E-state index in [1.54, 1.807) is 18.2 Å². The molecule has 110 valence electrons. The Kier molecular flexibility index (Phi) is 4.48. The summed E-state index contributed by atoms with van der Waals surface area (Å²) in [6.45, 7) is 4.43. The van der Waals surface area contributed by atoms with Gasteiger partial charge in [-0.3, -0.25) is 0 Å². The third-order valence-corrected chi connectivity index (χ3v) is 3.34. The van der Waals surface area contributed by atoms with E-state index in [2.05, 4.69) is 18.2 Å². The zero-order valence-corrected chi connectivity index (χ0v) is 12.5. The van der Waals surface area contributed by atoms with Gasteiger partial charge in [0.2, 0.25) is 0 Å². The first kappa shape index (κ1) is 14.9. The van der Waals surface area contributed by atoms with Crippen molar-refractivity contribution in [3.63, 3.8) is 0 Å². The molecule has 0 fully saturated rings. The lowest BCUT2D eigenvalue weighted by molar-refractivity contribution is 0.0597. The number of rotatable bonds is 4. The molecule has 4 heteroatoms. The molecule has 0 unspecified atom stereocenters. The second-order valence-electron chi connectivity index (χ2n) is 4.93. The minimum atomic E-state index is -0.496. The summed E-state index contributed by atoms with van der Waals surface area (Å²) in [6.07, 6.45) is 0. The topological polar surface area (TPSA) is 61.5 Å². The molecular weight excluding hydrogens is 266 g/mol. The number of carbonyl (C=O) groups is 1. The second-order valence-corrected chi connectivity index (χ2v) is 4.93. The van der Waals surface area contributed by atoms with Gasteiger partial charge >= 0.3 is 5.97 Å². The first-order valence-electron chi connectivity index (χ1n) is 6.68. The zero-order chi connectivity index (χ0) is 15.4. The lowest BCUT2D eigenvalue weighted by atomic mass is 10.1. The normalized spacial score (nSPS) is 10.2. The second kappa shape index (κ2) is 6.31. The molecule has 0 aliphatic carbocycles. The number of anilines is 1. The quantitative estimate of drug-likeness (QED) is 0.692.